The van der Waals surface area contributed by atoms with E-state index < -0.39 is 17.8 Å². The third-order valence-corrected chi connectivity index (χ3v) is 3.19. The lowest BCUT2D eigenvalue weighted by atomic mass is 10.2. The molecule has 2 aromatic rings. The van der Waals surface area contributed by atoms with Crippen LogP contribution in [0.25, 0.3) is 0 Å². The summed E-state index contributed by atoms with van der Waals surface area (Å²) in [7, 11) is 1.49. The minimum Gasteiger partial charge on any atom is -0.423 e. The van der Waals surface area contributed by atoms with Crippen molar-refractivity contribution in [3.8, 4) is 11.5 Å². The second-order valence-corrected chi connectivity index (χ2v) is 5.31. The molecule has 1 heterocycles. The summed E-state index contributed by atoms with van der Waals surface area (Å²) >= 11 is 0. The average Bonchev–Trinajstić information content (AvgIpc) is 2.62. The van der Waals surface area contributed by atoms with Gasteiger partial charge in [0.15, 0.2) is 11.5 Å². The van der Waals surface area contributed by atoms with E-state index in [1.807, 2.05) is 0 Å². The molecule has 0 bridgehead atoms. The first kappa shape index (κ1) is 19.6. The number of rotatable bonds is 5. The van der Waals surface area contributed by atoms with Crippen LogP contribution >= 0.6 is 0 Å². The van der Waals surface area contributed by atoms with Crippen LogP contribution in [0.4, 0.5) is 5.69 Å². The standard InChI is InChI=1S/C18H17N3O6/c1-10(22)26-15-7-5-13(8-16(15)27-11(2)23)21-18(25)14-6-4-12(9-20-14)17(24)19-3/h4-9H,1-3H3,(H,19,24)(H,21,25). The maximum absolute atomic E-state index is 12.3. The van der Waals surface area contributed by atoms with Crippen LogP contribution in [0.1, 0.15) is 34.7 Å². The van der Waals surface area contributed by atoms with Gasteiger partial charge in [0.1, 0.15) is 5.69 Å². The van der Waals surface area contributed by atoms with E-state index in [4.69, 9.17) is 9.47 Å². The molecule has 0 fully saturated rings. The number of hydrogen-bond donors (Lipinski definition) is 2. The zero-order valence-corrected chi connectivity index (χ0v) is 14.9. The molecule has 9 heteroatoms. The molecule has 0 aliphatic heterocycles. The number of anilines is 1. The fourth-order valence-corrected chi connectivity index (χ4v) is 2.06. The molecular formula is C18H17N3O6. The molecule has 2 rings (SSSR count). The van der Waals surface area contributed by atoms with Gasteiger partial charge in [-0.25, -0.2) is 0 Å². The van der Waals surface area contributed by atoms with Gasteiger partial charge in [0.25, 0.3) is 11.8 Å². The van der Waals surface area contributed by atoms with Gasteiger partial charge in [-0.2, -0.15) is 0 Å². The zero-order chi connectivity index (χ0) is 20.0. The van der Waals surface area contributed by atoms with E-state index in [1.54, 1.807) is 0 Å². The van der Waals surface area contributed by atoms with E-state index in [0.717, 1.165) is 0 Å². The highest BCUT2D eigenvalue weighted by atomic mass is 16.6. The number of nitrogens with zero attached hydrogens (tertiary/aromatic N) is 1. The van der Waals surface area contributed by atoms with Crippen molar-refractivity contribution < 1.29 is 28.7 Å². The van der Waals surface area contributed by atoms with Gasteiger partial charge in [-0.3, -0.25) is 24.2 Å². The van der Waals surface area contributed by atoms with Crippen LogP contribution in [0.15, 0.2) is 36.5 Å². The minimum absolute atomic E-state index is 0.0153. The van der Waals surface area contributed by atoms with Crippen molar-refractivity contribution in [1.29, 1.82) is 0 Å². The molecule has 0 radical (unpaired) electrons. The maximum Gasteiger partial charge on any atom is 0.308 e. The molecule has 2 amide bonds. The molecule has 0 unspecified atom stereocenters. The summed E-state index contributed by atoms with van der Waals surface area (Å²) in [6.07, 6.45) is 1.28. The number of ether oxygens (including phenoxy) is 2. The minimum atomic E-state index is -0.613. The SMILES string of the molecule is CNC(=O)c1ccc(C(=O)Nc2ccc(OC(C)=O)c(OC(C)=O)c2)nc1. The molecule has 1 aromatic heterocycles. The summed E-state index contributed by atoms with van der Waals surface area (Å²) in [4.78, 5) is 50.1. The highest BCUT2D eigenvalue weighted by molar-refractivity contribution is 6.03. The fourth-order valence-electron chi connectivity index (χ4n) is 2.06. The van der Waals surface area contributed by atoms with Crippen molar-refractivity contribution in [1.82, 2.24) is 10.3 Å². The number of amides is 2. The molecule has 9 nitrogen and oxygen atoms in total. The Hall–Kier alpha value is -3.75. The Bertz CT molecular complexity index is 892. The zero-order valence-electron chi connectivity index (χ0n) is 14.9. The molecular weight excluding hydrogens is 354 g/mol. The Labute approximate surface area is 154 Å². The highest BCUT2D eigenvalue weighted by Gasteiger charge is 2.14. The number of benzene rings is 1. The largest absolute Gasteiger partial charge is 0.423 e. The molecule has 2 N–H and O–H groups in total. The maximum atomic E-state index is 12.3. The summed E-state index contributed by atoms with van der Waals surface area (Å²) in [6.45, 7) is 2.40. The van der Waals surface area contributed by atoms with Gasteiger partial charge in [-0.05, 0) is 24.3 Å². The van der Waals surface area contributed by atoms with Gasteiger partial charge < -0.3 is 20.1 Å². The molecule has 0 aliphatic carbocycles. The monoisotopic (exact) mass is 371 g/mol. The second-order valence-electron chi connectivity index (χ2n) is 5.31. The van der Waals surface area contributed by atoms with Crippen LogP contribution in [0, 0.1) is 0 Å². The fraction of sp³-hybridized carbons (Fsp3) is 0.167. The van der Waals surface area contributed by atoms with E-state index in [0.29, 0.717) is 11.3 Å². The van der Waals surface area contributed by atoms with Gasteiger partial charge in [0.2, 0.25) is 0 Å². The number of carbonyl (C=O) groups is 4. The normalized spacial score (nSPS) is 9.89. The number of nitrogens with one attached hydrogen (secondary N) is 2. The average molecular weight is 371 g/mol. The van der Waals surface area contributed by atoms with E-state index in [9.17, 15) is 19.2 Å². The van der Waals surface area contributed by atoms with Crippen LogP contribution in [0.5, 0.6) is 11.5 Å². The first-order valence-electron chi connectivity index (χ1n) is 7.80. The molecule has 27 heavy (non-hydrogen) atoms. The Morgan fingerprint density at radius 2 is 1.56 bits per heavy atom. The Kier molecular flexibility index (Phi) is 6.21. The van der Waals surface area contributed by atoms with Crippen molar-refractivity contribution >= 4 is 29.4 Å². The molecule has 0 saturated heterocycles. The first-order chi connectivity index (χ1) is 12.8. The number of esters is 2. The Morgan fingerprint density at radius 1 is 0.889 bits per heavy atom. The lowest BCUT2D eigenvalue weighted by molar-refractivity contribution is -0.134. The summed E-state index contributed by atoms with van der Waals surface area (Å²) in [5, 5.41) is 5.03. The third-order valence-electron chi connectivity index (χ3n) is 3.19. The van der Waals surface area contributed by atoms with Crippen LogP contribution in [-0.4, -0.2) is 35.8 Å². The second kappa shape index (κ2) is 8.56. The van der Waals surface area contributed by atoms with Crippen molar-refractivity contribution in [3.05, 3.63) is 47.8 Å². The van der Waals surface area contributed by atoms with E-state index >= 15 is 0 Å². The summed E-state index contributed by atoms with van der Waals surface area (Å²) < 4.78 is 9.96. The Morgan fingerprint density at radius 3 is 2.11 bits per heavy atom. The van der Waals surface area contributed by atoms with Crippen molar-refractivity contribution in [2.75, 3.05) is 12.4 Å². The topological polar surface area (TPSA) is 124 Å². The first-order valence-corrected chi connectivity index (χ1v) is 7.80. The number of hydrogen-bond acceptors (Lipinski definition) is 7. The van der Waals surface area contributed by atoms with Crippen molar-refractivity contribution in [2.24, 2.45) is 0 Å². The number of aromatic nitrogens is 1. The van der Waals surface area contributed by atoms with Gasteiger partial charge in [-0.1, -0.05) is 0 Å². The predicted molar refractivity (Wildman–Crippen MR) is 94.6 cm³/mol. The molecule has 0 saturated carbocycles. The van der Waals surface area contributed by atoms with Crippen LogP contribution in [-0.2, 0) is 9.59 Å². The van der Waals surface area contributed by atoms with Crippen molar-refractivity contribution in [2.45, 2.75) is 13.8 Å². The van der Waals surface area contributed by atoms with Crippen LogP contribution < -0.4 is 20.1 Å². The molecule has 0 aliphatic rings. The van der Waals surface area contributed by atoms with Crippen LogP contribution in [0.2, 0.25) is 0 Å². The van der Waals surface area contributed by atoms with Crippen molar-refractivity contribution in [3.63, 3.8) is 0 Å². The molecule has 1 aromatic carbocycles. The smallest absolute Gasteiger partial charge is 0.308 e. The lowest BCUT2D eigenvalue weighted by Crippen LogP contribution is -2.19. The van der Waals surface area contributed by atoms with E-state index in [1.165, 1.54) is 57.4 Å². The lowest BCUT2D eigenvalue weighted by Gasteiger charge is -2.11. The molecule has 0 atom stereocenters. The quantitative estimate of drug-likeness (QED) is 0.603. The molecule has 0 spiro atoms. The number of carbonyl (C=O) groups excluding carboxylic acids is 4. The van der Waals surface area contributed by atoms with E-state index in [2.05, 4.69) is 15.6 Å². The summed E-state index contributed by atoms with van der Waals surface area (Å²) in [5.74, 6) is -2.02. The summed E-state index contributed by atoms with van der Waals surface area (Å²) in [5.41, 5.74) is 0.696. The summed E-state index contributed by atoms with van der Waals surface area (Å²) in [6, 6.07) is 7.07. The van der Waals surface area contributed by atoms with E-state index in [-0.39, 0.29) is 23.1 Å². The highest BCUT2D eigenvalue weighted by Crippen LogP contribution is 2.31. The van der Waals surface area contributed by atoms with Gasteiger partial charge in [0.05, 0.1) is 5.56 Å². The molecule has 140 valence electrons. The van der Waals surface area contributed by atoms with Gasteiger partial charge >= 0.3 is 11.9 Å². The predicted octanol–water partition coefficient (Wildman–Crippen LogP) is 1.54. The number of pyridine rings is 1. The Balaban J connectivity index is 2.20. The third kappa shape index (κ3) is 5.36. The van der Waals surface area contributed by atoms with Gasteiger partial charge in [0, 0.05) is 38.8 Å². The van der Waals surface area contributed by atoms with Crippen LogP contribution in [0.3, 0.4) is 0 Å². The van der Waals surface area contributed by atoms with Gasteiger partial charge in [-0.15, -0.1) is 0 Å².